The van der Waals surface area contributed by atoms with Crippen LogP contribution < -0.4 is 0 Å². The molecule has 4 heterocycles. The van der Waals surface area contributed by atoms with E-state index in [9.17, 15) is 4.79 Å². The molecule has 4 rings (SSSR count). The van der Waals surface area contributed by atoms with Crippen molar-refractivity contribution < 1.29 is 4.79 Å². The van der Waals surface area contributed by atoms with Crippen molar-refractivity contribution in [3.63, 3.8) is 0 Å². The third kappa shape index (κ3) is 4.28. The molecule has 0 radical (unpaired) electrons. The summed E-state index contributed by atoms with van der Waals surface area (Å²) in [5.41, 5.74) is 4.31. The summed E-state index contributed by atoms with van der Waals surface area (Å²) < 4.78 is 0. The molecule has 0 spiro atoms. The minimum absolute atomic E-state index is 0.00284. The molecule has 138 valence electrons. The van der Waals surface area contributed by atoms with Gasteiger partial charge < -0.3 is 0 Å². The number of carbonyl (C=O) groups is 1. The summed E-state index contributed by atoms with van der Waals surface area (Å²) in [5.74, 6) is -0.00284. The molecule has 0 amide bonds. The van der Waals surface area contributed by atoms with Crippen LogP contribution in [0.15, 0.2) is 49.2 Å². The molecule has 0 atom stereocenters. The predicted octanol–water partition coefficient (Wildman–Crippen LogP) is 3.28. The standard InChI is InChI=1S/C21H23N5O/c27-20(10-16-5-4-6-22-11-16)21-19(14-24-25-21)18-9-17(12-23-13-18)15-26-7-2-1-3-8-26/h4-6,9,11-14H,1-3,7-8,10,15H2,(H,24,25). The van der Waals surface area contributed by atoms with Gasteiger partial charge in [0.25, 0.3) is 0 Å². The van der Waals surface area contributed by atoms with Crippen LogP contribution in [0.3, 0.4) is 0 Å². The summed E-state index contributed by atoms with van der Waals surface area (Å²) in [7, 11) is 0. The van der Waals surface area contributed by atoms with Crippen LogP contribution in [0.25, 0.3) is 11.1 Å². The lowest BCUT2D eigenvalue weighted by Crippen LogP contribution is -2.29. The lowest BCUT2D eigenvalue weighted by molar-refractivity contribution is 0.0988. The first kappa shape index (κ1) is 17.5. The molecule has 6 nitrogen and oxygen atoms in total. The van der Waals surface area contributed by atoms with Crippen LogP contribution in [-0.4, -0.2) is 43.9 Å². The number of piperidine rings is 1. The van der Waals surface area contributed by atoms with Gasteiger partial charge in [-0.2, -0.15) is 5.10 Å². The first-order chi connectivity index (χ1) is 13.3. The maximum atomic E-state index is 12.7. The second-order valence-corrected chi connectivity index (χ2v) is 7.04. The zero-order valence-electron chi connectivity index (χ0n) is 15.3. The van der Waals surface area contributed by atoms with Crippen molar-refractivity contribution in [1.82, 2.24) is 25.1 Å². The van der Waals surface area contributed by atoms with Crippen molar-refractivity contribution in [2.75, 3.05) is 13.1 Å². The Hall–Kier alpha value is -2.86. The van der Waals surface area contributed by atoms with Crippen LogP contribution >= 0.6 is 0 Å². The molecule has 6 heteroatoms. The van der Waals surface area contributed by atoms with E-state index in [1.807, 2.05) is 18.3 Å². The van der Waals surface area contributed by atoms with Crippen LogP contribution in [0.2, 0.25) is 0 Å². The maximum absolute atomic E-state index is 12.7. The molecule has 1 saturated heterocycles. The van der Waals surface area contributed by atoms with Gasteiger partial charge in [-0.05, 0) is 49.2 Å². The summed E-state index contributed by atoms with van der Waals surface area (Å²) in [6.07, 6.45) is 13.0. The van der Waals surface area contributed by atoms with Crippen LogP contribution in [0, 0.1) is 0 Å². The highest BCUT2D eigenvalue weighted by molar-refractivity contribution is 6.01. The molecule has 1 fully saturated rings. The van der Waals surface area contributed by atoms with E-state index in [4.69, 9.17) is 0 Å². The van der Waals surface area contributed by atoms with E-state index in [1.54, 1.807) is 24.8 Å². The minimum Gasteiger partial charge on any atom is -0.299 e. The number of hydrogen-bond donors (Lipinski definition) is 1. The molecule has 1 aliphatic rings. The van der Waals surface area contributed by atoms with Gasteiger partial charge in [0, 0.05) is 48.9 Å². The van der Waals surface area contributed by atoms with Crippen molar-refractivity contribution in [2.45, 2.75) is 32.2 Å². The Kier molecular flexibility index (Phi) is 5.34. The van der Waals surface area contributed by atoms with E-state index in [2.05, 4.69) is 31.1 Å². The van der Waals surface area contributed by atoms with E-state index in [-0.39, 0.29) is 5.78 Å². The van der Waals surface area contributed by atoms with Crippen LogP contribution in [0.1, 0.15) is 40.9 Å². The molecule has 0 bridgehead atoms. The quantitative estimate of drug-likeness (QED) is 0.682. The van der Waals surface area contributed by atoms with E-state index in [1.165, 1.54) is 24.8 Å². The number of aromatic nitrogens is 4. The fourth-order valence-corrected chi connectivity index (χ4v) is 3.59. The number of aromatic amines is 1. The van der Waals surface area contributed by atoms with Crippen LogP contribution in [0.4, 0.5) is 0 Å². The van der Waals surface area contributed by atoms with Gasteiger partial charge in [-0.1, -0.05) is 12.5 Å². The Labute approximate surface area is 158 Å². The van der Waals surface area contributed by atoms with Crippen molar-refractivity contribution in [3.05, 3.63) is 66.0 Å². The number of pyridine rings is 2. The highest BCUT2D eigenvalue weighted by atomic mass is 16.1. The zero-order valence-corrected chi connectivity index (χ0v) is 15.3. The van der Waals surface area contributed by atoms with Gasteiger partial charge >= 0.3 is 0 Å². The summed E-state index contributed by atoms with van der Waals surface area (Å²) >= 11 is 0. The van der Waals surface area contributed by atoms with Gasteiger partial charge in [-0.15, -0.1) is 0 Å². The molecule has 0 saturated carbocycles. The number of nitrogens with one attached hydrogen (secondary N) is 1. The fraction of sp³-hybridized carbons (Fsp3) is 0.333. The van der Waals surface area contributed by atoms with Gasteiger partial charge in [0.1, 0.15) is 5.69 Å². The largest absolute Gasteiger partial charge is 0.299 e. The molecular weight excluding hydrogens is 338 g/mol. The molecule has 1 aliphatic heterocycles. The Morgan fingerprint density at radius 1 is 1.04 bits per heavy atom. The molecule has 0 aliphatic carbocycles. The lowest BCUT2D eigenvalue weighted by Gasteiger charge is -2.26. The maximum Gasteiger partial charge on any atom is 0.185 e. The second kappa shape index (κ2) is 8.22. The molecule has 0 aromatic carbocycles. The van der Waals surface area contributed by atoms with E-state index in [0.29, 0.717) is 12.1 Å². The summed E-state index contributed by atoms with van der Waals surface area (Å²) in [6.45, 7) is 3.19. The minimum atomic E-state index is -0.00284. The van der Waals surface area contributed by atoms with E-state index in [0.717, 1.165) is 36.3 Å². The van der Waals surface area contributed by atoms with Gasteiger partial charge in [-0.25, -0.2) is 0 Å². The smallest absolute Gasteiger partial charge is 0.185 e. The topological polar surface area (TPSA) is 74.8 Å². The average molecular weight is 361 g/mol. The summed E-state index contributed by atoms with van der Waals surface area (Å²) in [5, 5.41) is 6.97. The Bertz CT molecular complexity index is 900. The number of likely N-dealkylation sites (tertiary alicyclic amines) is 1. The molecule has 3 aromatic heterocycles. The third-order valence-corrected chi connectivity index (χ3v) is 4.97. The Morgan fingerprint density at radius 3 is 2.70 bits per heavy atom. The van der Waals surface area contributed by atoms with Gasteiger partial charge in [0.2, 0.25) is 0 Å². The molecular formula is C21H23N5O. The number of ketones is 1. The van der Waals surface area contributed by atoms with Crippen molar-refractivity contribution >= 4 is 5.78 Å². The van der Waals surface area contributed by atoms with Gasteiger partial charge in [0.15, 0.2) is 5.78 Å². The van der Waals surface area contributed by atoms with E-state index < -0.39 is 0 Å². The van der Waals surface area contributed by atoms with Gasteiger partial charge in [0.05, 0.1) is 6.20 Å². The normalized spacial score (nSPS) is 15.0. The number of Topliss-reactive ketones (excluding diaryl/α,β-unsaturated/α-hetero) is 1. The molecule has 1 N–H and O–H groups in total. The van der Waals surface area contributed by atoms with Crippen molar-refractivity contribution in [3.8, 4) is 11.1 Å². The number of H-pyrrole nitrogens is 1. The summed E-state index contributed by atoms with van der Waals surface area (Å²) in [6, 6.07) is 5.86. The molecule has 27 heavy (non-hydrogen) atoms. The lowest BCUT2D eigenvalue weighted by atomic mass is 10.0. The fourth-order valence-electron chi connectivity index (χ4n) is 3.59. The number of nitrogens with zero attached hydrogens (tertiary/aromatic N) is 4. The Morgan fingerprint density at radius 2 is 1.89 bits per heavy atom. The predicted molar refractivity (Wildman–Crippen MR) is 103 cm³/mol. The van der Waals surface area contributed by atoms with Gasteiger partial charge in [-0.3, -0.25) is 24.8 Å². The third-order valence-electron chi connectivity index (χ3n) is 4.97. The van der Waals surface area contributed by atoms with E-state index >= 15 is 0 Å². The molecule has 3 aromatic rings. The number of rotatable bonds is 6. The van der Waals surface area contributed by atoms with Crippen LogP contribution in [-0.2, 0) is 13.0 Å². The zero-order chi connectivity index (χ0) is 18.5. The number of carbonyl (C=O) groups excluding carboxylic acids is 1. The highest BCUT2D eigenvalue weighted by Gasteiger charge is 2.17. The summed E-state index contributed by atoms with van der Waals surface area (Å²) in [4.78, 5) is 23.7. The SMILES string of the molecule is O=C(Cc1cccnc1)c1[nH]ncc1-c1cncc(CN2CCCCC2)c1. The van der Waals surface area contributed by atoms with Crippen molar-refractivity contribution in [1.29, 1.82) is 0 Å². The number of hydrogen-bond acceptors (Lipinski definition) is 5. The van der Waals surface area contributed by atoms with Crippen molar-refractivity contribution in [2.24, 2.45) is 0 Å². The Balaban J connectivity index is 1.53. The first-order valence-corrected chi connectivity index (χ1v) is 9.42. The second-order valence-electron chi connectivity index (χ2n) is 7.04. The van der Waals surface area contributed by atoms with Crippen LogP contribution in [0.5, 0.6) is 0 Å². The monoisotopic (exact) mass is 361 g/mol. The first-order valence-electron chi connectivity index (χ1n) is 9.42. The highest BCUT2D eigenvalue weighted by Crippen LogP contribution is 2.24. The average Bonchev–Trinajstić information content (AvgIpc) is 3.20. The molecule has 0 unspecified atom stereocenters.